The van der Waals surface area contributed by atoms with Crippen molar-refractivity contribution in [3.63, 3.8) is 0 Å². The van der Waals surface area contributed by atoms with Crippen molar-refractivity contribution in [3.8, 4) is 0 Å². The van der Waals surface area contributed by atoms with Gasteiger partial charge in [-0.3, -0.25) is 0 Å². The average Bonchev–Trinajstić information content (AvgIpc) is 3.76. The van der Waals surface area contributed by atoms with Crippen molar-refractivity contribution in [2.45, 2.75) is 350 Å². The zero-order chi connectivity index (χ0) is 54.0. The average molecular weight is 1080 g/mol. The van der Waals surface area contributed by atoms with Gasteiger partial charge in [-0.1, -0.05) is 298 Å². The second-order valence-corrected chi connectivity index (χ2v) is 22.8. The summed E-state index contributed by atoms with van der Waals surface area (Å²) in [6, 6.07) is 14.0. The van der Waals surface area contributed by atoms with Crippen LogP contribution in [0.15, 0.2) is 48.0 Å². The first-order valence-electron chi connectivity index (χ1n) is 33.2. The van der Waals surface area contributed by atoms with Crippen LogP contribution in [0.3, 0.4) is 0 Å². The predicted octanol–water partition coefficient (Wildman–Crippen LogP) is 25.2. The largest absolute Gasteiger partial charge is 2.00 e. The molecule has 3 heteroatoms. The fourth-order valence-corrected chi connectivity index (χ4v) is 10.7. The summed E-state index contributed by atoms with van der Waals surface area (Å²) in [7, 11) is 0. The Morgan fingerprint density at radius 1 is 0.320 bits per heavy atom. The third kappa shape index (κ3) is 38.3. The smallest absolute Gasteiger partial charge is 0.493 e. The molecule has 0 saturated carbocycles. The maximum atomic E-state index is 11.8. The van der Waals surface area contributed by atoms with E-state index in [1.165, 1.54) is 295 Å². The van der Waals surface area contributed by atoms with Crippen LogP contribution in [-0.4, -0.2) is 4.70 Å². The maximum Gasteiger partial charge on any atom is 2.00 e. The Morgan fingerprint density at radius 3 is 0.920 bits per heavy atom. The van der Waals surface area contributed by atoms with Crippen LogP contribution in [0.25, 0.3) is 16.9 Å². The van der Waals surface area contributed by atoms with Crippen LogP contribution >= 0.6 is 0 Å². The summed E-state index contributed by atoms with van der Waals surface area (Å²) in [5.41, 5.74) is 22.8. The van der Waals surface area contributed by atoms with E-state index in [9.17, 15) is 5.53 Å². The predicted molar refractivity (Wildman–Crippen MR) is 335 cm³/mol. The van der Waals surface area contributed by atoms with Crippen molar-refractivity contribution in [2.24, 2.45) is 0 Å². The number of benzene rings is 2. The van der Waals surface area contributed by atoms with E-state index in [2.05, 4.69) is 105 Å². The van der Waals surface area contributed by atoms with E-state index < -0.39 is 0 Å². The molecule has 0 saturated heterocycles. The maximum absolute atomic E-state index is 11.8. The minimum Gasteiger partial charge on any atom is -0.493 e. The molecule has 0 radical (unpaired) electrons. The van der Waals surface area contributed by atoms with E-state index in [4.69, 9.17) is 0 Å². The van der Waals surface area contributed by atoms with Gasteiger partial charge in [-0.2, -0.15) is 12.8 Å². The standard InChI is InChI=1S/C36H52N2.2C18H37.Ni/c1-6-11-14-15-16-17-20-32-27-35(33-23-28(9-4)21-30(25-33)18-12-7-2)38(37)36(32)34-24-29(10-5)22-31(26-34)19-13-8-3;2*1-3-5-7-9-11-13-15-17-18-16-14-12-10-8-6-4-2;/h21-27H,6-20H2,1-5H3;2*1,3-18H2,2H3;/q;2*-1;+2. The molecule has 75 heavy (non-hydrogen) atoms. The minimum absolute atomic E-state index is 0. The van der Waals surface area contributed by atoms with Crippen molar-refractivity contribution in [2.75, 3.05) is 0 Å². The van der Waals surface area contributed by atoms with E-state index in [1.807, 2.05) is 0 Å². The second-order valence-electron chi connectivity index (χ2n) is 22.8. The summed E-state index contributed by atoms with van der Waals surface area (Å²) in [6.07, 6.45) is 65.6. The number of aryl methyl sites for hydroxylation is 4. The summed E-state index contributed by atoms with van der Waals surface area (Å²) in [4.78, 5) is 0. The van der Waals surface area contributed by atoms with Crippen molar-refractivity contribution in [1.29, 1.82) is 0 Å². The number of rotatable bonds is 47. The van der Waals surface area contributed by atoms with Gasteiger partial charge in [0.25, 0.3) is 0 Å². The molecule has 0 fully saturated rings. The van der Waals surface area contributed by atoms with Gasteiger partial charge in [0.05, 0.1) is 0 Å². The Bertz CT molecular complexity index is 1590. The SMILES string of the molecule is CCCCCCCCC1=C(c2cc(CC)cc(CCCC)c2)[N+](=[N-])C(c2cc(CC)cc(CCCC)c2)=C1.[CH2-]CCCCCCCCCCCCCCCCC.[CH2-]CCCCCCCCCCCCCCCCC.[Ni+2]. The summed E-state index contributed by atoms with van der Waals surface area (Å²) in [5.74, 6) is 0. The van der Waals surface area contributed by atoms with E-state index in [-0.39, 0.29) is 16.5 Å². The number of hydrogen-bond donors (Lipinski definition) is 0. The van der Waals surface area contributed by atoms with Crippen molar-refractivity contribution >= 4 is 11.4 Å². The van der Waals surface area contributed by atoms with Crippen molar-refractivity contribution < 1.29 is 21.2 Å². The molecule has 2 aromatic carbocycles. The van der Waals surface area contributed by atoms with E-state index in [0.29, 0.717) is 0 Å². The molecule has 2 nitrogen and oxygen atoms in total. The van der Waals surface area contributed by atoms with Gasteiger partial charge < -0.3 is 19.4 Å². The third-order valence-electron chi connectivity index (χ3n) is 15.7. The first-order valence-corrected chi connectivity index (χ1v) is 33.2. The molecule has 0 spiro atoms. The first kappa shape index (κ1) is 73.0. The molecule has 0 unspecified atom stereocenters. The summed E-state index contributed by atoms with van der Waals surface area (Å²) in [6.45, 7) is 23.6. The van der Waals surface area contributed by atoms with Gasteiger partial charge in [-0.25, -0.2) is 4.70 Å². The van der Waals surface area contributed by atoms with Gasteiger partial charge in [-0.15, -0.1) is 0 Å². The van der Waals surface area contributed by atoms with Gasteiger partial charge in [0.1, 0.15) is 0 Å². The minimum atomic E-state index is 0. The third-order valence-corrected chi connectivity index (χ3v) is 15.7. The number of hydrogen-bond acceptors (Lipinski definition) is 0. The molecule has 1 heterocycles. The summed E-state index contributed by atoms with van der Waals surface area (Å²) >= 11 is 0. The van der Waals surface area contributed by atoms with Crippen LogP contribution in [0.5, 0.6) is 0 Å². The zero-order valence-corrected chi connectivity index (χ0v) is 52.4. The van der Waals surface area contributed by atoms with E-state index in [0.717, 1.165) is 61.9 Å². The van der Waals surface area contributed by atoms with Crippen molar-refractivity contribution in [3.05, 3.63) is 101 Å². The Balaban J connectivity index is 0.00000124. The van der Waals surface area contributed by atoms with Gasteiger partial charge in [-0.05, 0) is 97.9 Å². The summed E-state index contributed by atoms with van der Waals surface area (Å²) < 4.78 is 1.52. The van der Waals surface area contributed by atoms with Crippen LogP contribution in [0, 0.1) is 13.8 Å². The van der Waals surface area contributed by atoms with Crippen LogP contribution in [-0.2, 0) is 42.2 Å². The molecule has 1 aliphatic heterocycles. The molecular formula is C72H126N2Ni. The van der Waals surface area contributed by atoms with Crippen LogP contribution < -0.4 is 0 Å². The summed E-state index contributed by atoms with van der Waals surface area (Å²) in [5, 5.41) is 0. The van der Waals surface area contributed by atoms with E-state index in [1.54, 1.807) is 0 Å². The van der Waals surface area contributed by atoms with Crippen LogP contribution in [0.1, 0.15) is 358 Å². The molecule has 0 atom stereocenters. The number of allylic oxidation sites excluding steroid dienone is 2. The Kier molecular flexibility index (Phi) is 52.6. The normalized spacial score (nSPS) is 12.1. The van der Waals surface area contributed by atoms with Gasteiger partial charge in [0.15, 0.2) is 0 Å². The van der Waals surface area contributed by atoms with Gasteiger partial charge >= 0.3 is 16.5 Å². The molecular weight excluding hydrogens is 951 g/mol. The number of nitrogens with zero attached hydrogens (tertiary/aromatic N) is 2. The topological polar surface area (TPSA) is 25.3 Å². The Morgan fingerprint density at radius 2 is 0.600 bits per heavy atom. The first-order chi connectivity index (χ1) is 36.4. The fraction of sp³-hybridized carbons (Fsp3) is 0.750. The molecule has 0 aromatic heterocycles. The van der Waals surface area contributed by atoms with Crippen LogP contribution in [0.2, 0.25) is 0 Å². The molecule has 0 aliphatic carbocycles. The van der Waals surface area contributed by atoms with Gasteiger partial charge in [0.2, 0.25) is 11.4 Å². The fourth-order valence-electron chi connectivity index (χ4n) is 10.7. The second kappa shape index (κ2) is 54.0. The molecule has 0 bridgehead atoms. The van der Waals surface area contributed by atoms with Crippen LogP contribution in [0.4, 0.5) is 0 Å². The zero-order valence-electron chi connectivity index (χ0n) is 51.4. The molecule has 3 rings (SSSR count). The molecule has 0 N–H and O–H groups in total. The van der Waals surface area contributed by atoms with E-state index >= 15 is 0 Å². The quantitative estimate of drug-likeness (QED) is 0.0273. The Labute approximate surface area is 481 Å². The Hall–Kier alpha value is -1.99. The molecule has 2 aromatic rings. The molecule has 1 aliphatic rings. The molecule has 0 amide bonds. The molecule has 434 valence electrons. The number of unbranched alkanes of at least 4 members (excludes halogenated alkanes) is 37. The van der Waals surface area contributed by atoms with Gasteiger partial charge in [0, 0.05) is 22.8 Å². The van der Waals surface area contributed by atoms with Crippen molar-refractivity contribution in [1.82, 2.24) is 0 Å². The monoisotopic (exact) mass is 1080 g/mol.